The van der Waals surface area contributed by atoms with Crippen LogP contribution in [0.15, 0.2) is 60.7 Å². The van der Waals surface area contributed by atoms with E-state index < -0.39 is 0 Å². The lowest BCUT2D eigenvalue weighted by molar-refractivity contribution is -0.115. The van der Waals surface area contributed by atoms with E-state index >= 15 is 0 Å². The average molecular weight is 261 g/mol. The third kappa shape index (κ3) is 2.16. The van der Waals surface area contributed by atoms with E-state index in [4.69, 9.17) is 0 Å². The summed E-state index contributed by atoms with van der Waals surface area (Å²) in [5.74, 6) is -0.0954. The highest BCUT2D eigenvalue weighted by molar-refractivity contribution is 6.08. The molecule has 0 spiro atoms. The van der Waals surface area contributed by atoms with Crippen molar-refractivity contribution in [1.82, 2.24) is 5.32 Å². The summed E-state index contributed by atoms with van der Waals surface area (Å²) < 4.78 is 0. The predicted molar refractivity (Wildman–Crippen MR) is 84.6 cm³/mol. The molecule has 0 aliphatic heterocycles. The van der Waals surface area contributed by atoms with Gasteiger partial charge >= 0.3 is 0 Å². The first-order valence-electron chi connectivity index (χ1n) is 6.60. The lowest BCUT2D eigenvalue weighted by Gasteiger charge is -2.08. The Bertz CT molecular complexity index is 764. The number of benzene rings is 3. The summed E-state index contributed by atoms with van der Waals surface area (Å²) in [7, 11) is 1.63. The number of amides is 1. The van der Waals surface area contributed by atoms with E-state index in [2.05, 4.69) is 35.6 Å². The van der Waals surface area contributed by atoms with Gasteiger partial charge in [0.2, 0.25) is 5.91 Å². The molecule has 2 nitrogen and oxygen atoms in total. The fourth-order valence-corrected chi connectivity index (χ4v) is 2.47. The summed E-state index contributed by atoms with van der Waals surface area (Å²) >= 11 is 0. The molecule has 0 saturated carbocycles. The molecule has 0 heterocycles. The Hall–Kier alpha value is -2.61. The van der Waals surface area contributed by atoms with Crippen LogP contribution >= 0.6 is 0 Å². The number of fused-ring (bicyclic) bond motifs is 2. The first-order valence-corrected chi connectivity index (χ1v) is 6.60. The lowest BCUT2D eigenvalue weighted by atomic mass is 9.96. The van der Waals surface area contributed by atoms with Gasteiger partial charge in [0.1, 0.15) is 0 Å². The monoisotopic (exact) mass is 261 g/mol. The van der Waals surface area contributed by atoms with E-state index in [1.54, 1.807) is 13.1 Å². The van der Waals surface area contributed by atoms with E-state index in [0.717, 1.165) is 16.3 Å². The highest BCUT2D eigenvalue weighted by Gasteiger charge is 2.04. The van der Waals surface area contributed by atoms with E-state index in [0.29, 0.717) is 0 Å². The Morgan fingerprint density at radius 2 is 1.50 bits per heavy atom. The first kappa shape index (κ1) is 12.4. The summed E-state index contributed by atoms with van der Waals surface area (Å²) in [5.41, 5.74) is 1.09. The molecule has 98 valence electrons. The van der Waals surface area contributed by atoms with Gasteiger partial charge in [-0.15, -0.1) is 0 Å². The summed E-state index contributed by atoms with van der Waals surface area (Å²) in [6.45, 7) is 0. The van der Waals surface area contributed by atoms with Gasteiger partial charge in [-0.2, -0.15) is 0 Å². The second-order valence-electron chi connectivity index (χ2n) is 4.68. The van der Waals surface area contributed by atoms with Gasteiger partial charge < -0.3 is 5.32 Å². The highest BCUT2D eigenvalue weighted by Crippen LogP contribution is 2.29. The zero-order chi connectivity index (χ0) is 13.9. The van der Waals surface area contributed by atoms with Gasteiger partial charge in [-0.3, -0.25) is 4.79 Å². The fraction of sp³-hybridized carbons (Fsp3) is 0.0556. The number of hydrogen-bond acceptors (Lipinski definition) is 1. The molecule has 1 amide bonds. The summed E-state index contributed by atoms with van der Waals surface area (Å²) in [4.78, 5) is 11.5. The van der Waals surface area contributed by atoms with Gasteiger partial charge in [0.15, 0.2) is 0 Å². The van der Waals surface area contributed by atoms with Crippen LogP contribution in [-0.2, 0) is 4.79 Å². The van der Waals surface area contributed by atoms with Crippen molar-refractivity contribution in [2.75, 3.05) is 7.05 Å². The molecule has 0 aliphatic carbocycles. The third-order valence-electron chi connectivity index (χ3n) is 3.46. The molecule has 1 N–H and O–H groups in total. The van der Waals surface area contributed by atoms with Crippen molar-refractivity contribution in [2.45, 2.75) is 0 Å². The van der Waals surface area contributed by atoms with Crippen LogP contribution in [0.1, 0.15) is 5.56 Å². The topological polar surface area (TPSA) is 29.1 Å². The van der Waals surface area contributed by atoms with Crippen molar-refractivity contribution in [1.29, 1.82) is 0 Å². The molecule has 20 heavy (non-hydrogen) atoms. The standard InChI is InChI=1S/C18H15NO/c1-19-18(20)11-10-17-15-8-4-2-6-13(15)12-14-7-3-5-9-16(14)17/h2-12H,1H3,(H,19,20)/b11-10+. The van der Waals surface area contributed by atoms with Crippen LogP contribution < -0.4 is 5.32 Å². The zero-order valence-corrected chi connectivity index (χ0v) is 11.3. The van der Waals surface area contributed by atoms with Gasteiger partial charge in [0, 0.05) is 13.1 Å². The Balaban J connectivity index is 2.33. The van der Waals surface area contributed by atoms with Gasteiger partial charge in [-0.25, -0.2) is 0 Å². The smallest absolute Gasteiger partial charge is 0.243 e. The molecule has 0 aliphatic rings. The van der Waals surface area contributed by atoms with Crippen LogP contribution in [0.5, 0.6) is 0 Å². The van der Waals surface area contributed by atoms with Gasteiger partial charge in [0.25, 0.3) is 0 Å². The number of hydrogen-bond donors (Lipinski definition) is 1. The van der Waals surface area contributed by atoms with Crippen molar-refractivity contribution in [3.8, 4) is 0 Å². The first-order chi connectivity index (χ1) is 9.79. The fourth-order valence-electron chi connectivity index (χ4n) is 2.47. The second-order valence-corrected chi connectivity index (χ2v) is 4.68. The van der Waals surface area contributed by atoms with Crippen molar-refractivity contribution >= 4 is 33.5 Å². The predicted octanol–water partition coefficient (Wildman–Crippen LogP) is 3.75. The van der Waals surface area contributed by atoms with Crippen LogP contribution in [0.4, 0.5) is 0 Å². The highest BCUT2D eigenvalue weighted by atomic mass is 16.1. The van der Waals surface area contributed by atoms with Crippen LogP contribution in [0.25, 0.3) is 27.6 Å². The van der Waals surface area contributed by atoms with E-state index in [1.165, 1.54) is 10.8 Å². The van der Waals surface area contributed by atoms with Crippen LogP contribution in [0.2, 0.25) is 0 Å². The lowest BCUT2D eigenvalue weighted by Crippen LogP contribution is -2.13. The minimum Gasteiger partial charge on any atom is -0.356 e. The Kier molecular flexibility index (Phi) is 3.21. The molecule has 0 saturated heterocycles. The molecule has 0 aromatic heterocycles. The Morgan fingerprint density at radius 3 is 2.05 bits per heavy atom. The quantitative estimate of drug-likeness (QED) is 0.552. The van der Waals surface area contributed by atoms with Crippen molar-refractivity contribution < 1.29 is 4.79 Å². The van der Waals surface area contributed by atoms with E-state index in [9.17, 15) is 4.79 Å². The molecule has 0 bridgehead atoms. The molecule has 3 rings (SSSR count). The van der Waals surface area contributed by atoms with Crippen LogP contribution in [0.3, 0.4) is 0 Å². The van der Waals surface area contributed by atoms with E-state index in [-0.39, 0.29) is 5.91 Å². The SMILES string of the molecule is CNC(=O)/C=C/c1c2ccccc2cc2ccccc12. The van der Waals surface area contributed by atoms with Crippen molar-refractivity contribution in [3.63, 3.8) is 0 Å². The Labute approximate surface area is 117 Å². The zero-order valence-electron chi connectivity index (χ0n) is 11.3. The number of likely N-dealkylation sites (N-methyl/N-ethyl adjacent to an activating group) is 1. The van der Waals surface area contributed by atoms with Gasteiger partial charge in [-0.1, -0.05) is 48.5 Å². The van der Waals surface area contributed by atoms with Gasteiger partial charge in [-0.05, 0) is 39.3 Å². The molecule has 0 unspecified atom stereocenters. The van der Waals surface area contributed by atoms with Crippen LogP contribution in [0, 0.1) is 0 Å². The molecular formula is C18H15NO. The molecule has 0 atom stereocenters. The molecule has 2 heteroatoms. The maximum Gasteiger partial charge on any atom is 0.243 e. The van der Waals surface area contributed by atoms with E-state index in [1.807, 2.05) is 30.3 Å². The number of nitrogens with one attached hydrogen (secondary N) is 1. The Morgan fingerprint density at radius 1 is 0.950 bits per heavy atom. The summed E-state index contributed by atoms with van der Waals surface area (Å²) in [6.07, 6.45) is 3.47. The van der Waals surface area contributed by atoms with Crippen molar-refractivity contribution in [3.05, 3.63) is 66.2 Å². The van der Waals surface area contributed by atoms with Crippen LogP contribution in [-0.4, -0.2) is 13.0 Å². The average Bonchev–Trinajstić information content (AvgIpc) is 2.51. The number of rotatable bonds is 2. The second kappa shape index (κ2) is 5.17. The molecule has 3 aromatic rings. The minimum atomic E-state index is -0.0954. The van der Waals surface area contributed by atoms with Gasteiger partial charge in [0.05, 0.1) is 0 Å². The molecule has 0 radical (unpaired) electrons. The third-order valence-corrected chi connectivity index (χ3v) is 3.46. The molecular weight excluding hydrogens is 246 g/mol. The van der Waals surface area contributed by atoms with Crippen molar-refractivity contribution in [2.24, 2.45) is 0 Å². The maximum absolute atomic E-state index is 11.5. The molecule has 0 fully saturated rings. The maximum atomic E-state index is 11.5. The largest absolute Gasteiger partial charge is 0.356 e. The minimum absolute atomic E-state index is 0.0954. The molecule has 3 aromatic carbocycles. The summed E-state index contributed by atoms with van der Waals surface area (Å²) in [6, 6.07) is 18.7. The number of carbonyl (C=O) groups is 1. The normalized spacial score (nSPS) is 11.2. The number of carbonyl (C=O) groups excluding carboxylic acids is 1. The summed E-state index contributed by atoms with van der Waals surface area (Å²) in [5, 5.41) is 7.29.